The molecule has 0 spiro atoms. The van der Waals surface area contributed by atoms with Crippen molar-refractivity contribution in [2.75, 3.05) is 0 Å². The number of rotatable bonds is 4. The molecule has 0 aliphatic heterocycles. The van der Waals surface area contributed by atoms with Crippen LogP contribution in [0.5, 0.6) is 0 Å². The minimum Gasteiger partial charge on any atom is -0.305 e. The van der Waals surface area contributed by atoms with Crippen molar-refractivity contribution in [1.82, 2.24) is 33.9 Å². The molecular weight excluding hydrogens is 422 g/mol. The molecule has 3 aromatic heterocycles. The average Bonchev–Trinajstić information content (AvgIpc) is 3.35. The molecule has 0 atom stereocenters. The zero-order chi connectivity index (χ0) is 20.8. The van der Waals surface area contributed by atoms with Crippen molar-refractivity contribution in [2.24, 2.45) is 14.1 Å². The number of aromatic nitrogens is 7. The smallest absolute Gasteiger partial charge is 0.262 e. The molecule has 0 saturated heterocycles. The third-order valence-electron chi connectivity index (χ3n) is 4.97. The lowest BCUT2D eigenvalue weighted by atomic mass is 10.2. The SMILES string of the molecule is Cn1c(SCc2nnc3n(C)c(=O)c4ccccc4n23)nnc1-c1ccccc1Cl. The first-order valence-electron chi connectivity index (χ1n) is 9.15. The van der Waals surface area contributed by atoms with Gasteiger partial charge in [0.15, 0.2) is 11.0 Å². The Labute approximate surface area is 180 Å². The first kappa shape index (κ1) is 18.8. The number of fused-ring (bicyclic) bond motifs is 3. The van der Waals surface area contributed by atoms with Crippen LogP contribution in [0.2, 0.25) is 5.02 Å². The predicted octanol–water partition coefficient (Wildman–Crippen LogP) is 3.32. The Morgan fingerprint density at radius 2 is 1.70 bits per heavy atom. The summed E-state index contributed by atoms with van der Waals surface area (Å²) in [5, 5.41) is 19.2. The third-order valence-corrected chi connectivity index (χ3v) is 6.32. The molecule has 2 aromatic carbocycles. The summed E-state index contributed by atoms with van der Waals surface area (Å²) in [7, 11) is 3.61. The van der Waals surface area contributed by atoms with Crippen LogP contribution in [-0.4, -0.2) is 33.9 Å². The van der Waals surface area contributed by atoms with Crippen LogP contribution in [-0.2, 0) is 19.8 Å². The van der Waals surface area contributed by atoms with Gasteiger partial charge in [0.1, 0.15) is 5.82 Å². The number of halogens is 1. The molecule has 3 heterocycles. The quantitative estimate of drug-likeness (QED) is 0.401. The van der Waals surface area contributed by atoms with Gasteiger partial charge in [0, 0.05) is 19.7 Å². The van der Waals surface area contributed by atoms with E-state index in [0.29, 0.717) is 27.8 Å². The van der Waals surface area contributed by atoms with E-state index < -0.39 is 0 Å². The van der Waals surface area contributed by atoms with Crippen molar-refractivity contribution in [2.45, 2.75) is 10.9 Å². The first-order chi connectivity index (χ1) is 14.6. The number of thioether (sulfide) groups is 1. The van der Waals surface area contributed by atoms with Gasteiger partial charge >= 0.3 is 0 Å². The molecule has 30 heavy (non-hydrogen) atoms. The highest BCUT2D eigenvalue weighted by atomic mass is 35.5. The van der Waals surface area contributed by atoms with Gasteiger partial charge in [-0.1, -0.05) is 47.6 Å². The molecule has 0 unspecified atom stereocenters. The fourth-order valence-electron chi connectivity index (χ4n) is 3.43. The minimum absolute atomic E-state index is 0.0950. The largest absolute Gasteiger partial charge is 0.305 e. The Morgan fingerprint density at radius 1 is 0.933 bits per heavy atom. The summed E-state index contributed by atoms with van der Waals surface area (Å²) in [4.78, 5) is 12.6. The van der Waals surface area contributed by atoms with Crippen molar-refractivity contribution in [3.8, 4) is 11.4 Å². The van der Waals surface area contributed by atoms with Crippen LogP contribution in [0.25, 0.3) is 28.1 Å². The summed E-state index contributed by atoms with van der Waals surface area (Å²) >= 11 is 7.80. The van der Waals surface area contributed by atoms with Crippen LogP contribution in [0.1, 0.15) is 5.82 Å². The van der Waals surface area contributed by atoms with Gasteiger partial charge in [0.25, 0.3) is 5.56 Å². The molecule has 150 valence electrons. The normalized spacial score (nSPS) is 11.6. The molecule has 5 rings (SSSR count). The van der Waals surface area contributed by atoms with E-state index >= 15 is 0 Å². The number of hydrogen-bond acceptors (Lipinski definition) is 6. The van der Waals surface area contributed by atoms with E-state index in [2.05, 4.69) is 20.4 Å². The van der Waals surface area contributed by atoms with Gasteiger partial charge in [-0.25, -0.2) is 0 Å². The maximum atomic E-state index is 12.6. The van der Waals surface area contributed by atoms with E-state index in [9.17, 15) is 4.79 Å². The fraction of sp³-hybridized carbons (Fsp3) is 0.150. The first-order valence-corrected chi connectivity index (χ1v) is 10.5. The molecule has 10 heteroatoms. The number of aryl methyl sites for hydroxylation is 1. The monoisotopic (exact) mass is 437 g/mol. The Hall–Kier alpha value is -3.17. The Morgan fingerprint density at radius 3 is 2.53 bits per heavy atom. The van der Waals surface area contributed by atoms with E-state index in [1.54, 1.807) is 7.05 Å². The molecule has 8 nitrogen and oxygen atoms in total. The highest BCUT2D eigenvalue weighted by Gasteiger charge is 2.17. The van der Waals surface area contributed by atoms with E-state index in [4.69, 9.17) is 11.6 Å². The molecular formula is C20H16ClN7OS. The number of hydrogen-bond donors (Lipinski definition) is 0. The fourth-order valence-corrected chi connectivity index (χ4v) is 4.48. The van der Waals surface area contributed by atoms with Crippen LogP contribution >= 0.6 is 23.4 Å². The van der Waals surface area contributed by atoms with Crippen LogP contribution in [0, 0.1) is 0 Å². The summed E-state index contributed by atoms with van der Waals surface area (Å²) in [6.07, 6.45) is 0. The number of para-hydroxylation sites is 1. The zero-order valence-corrected chi connectivity index (χ0v) is 17.7. The lowest BCUT2D eigenvalue weighted by Gasteiger charge is -2.08. The van der Waals surface area contributed by atoms with Crippen molar-refractivity contribution < 1.29 is 0 Å². The second-order valence-electron chi connectivity index (χ2n) is 6.77. The Bertz CT molecular complexity index is 1470. The highest BCUT2D eigenvalue weighted by molar-refractivity contribution is 7.98. The van der Waals surface area contributed by atoms with Crippen LogP contribution in [0.15, 0.2) is 58.5 Å². The van der Waals surface area contributed by atoms with Crippen molar-refractivity contribution in [3.63, 3.8) is 0 Å². The summed E-state index contributed by atoms with van der Waals surface area (Å²) in [6.45, 7) is 0. The summed E-state index contributed by atoms with van der Waals surface area (Å²) in [6, 6.07) is 15.0. The van der Waals surface area contributed by atoms with Crippen molar-refractivity contribution >= 4 is 40.0 Å². The van der Waals surface area contributed by atoms with Crippen LogP contribution in [0.3, 0.4) is 0 Å². The topological polar surface area (TPSA) is 82.9 Å². The number of nitrogens with zero attached hydrogens (tertiary/aromatic N) is 7. The molecule has 0 radical (unpaired) electrons. The van der Waals surface area contributed by atoms with E-state index in [0.717, 1.165) is 22.1 Å². The molecule has 0 amide bonds. The molecule has 5 aromatic rings. The lowest BCUT2D eigenvalue weighted by Crippen LogP contribution is -2.20. The third kappa shape index (κ3) is 2.89. The van der Waals surface area contributed by atoms with Gasteiger partial charge in [0.2, 0.25) is 5.78 Å². The van der Waals surface area contributed by atoms with Gasteiger partial charge in [-0.15, -0.1) is 20.4 Å². The van der Waals surface area contributed by atoms with Gasteiger partial charge in [-0.2, -0.15) is 0 Å². The molecule has 0 aliphatic carbocycles. The zero-order valence-electron chi connectivity index (χ0n) is 16.2. The summed E-state index contributed by atoms with van der Waals surface area (Å²) < 4.78 is 5.33. The van der Waals surface area contributed by atoms with E-state index in [-0.39, 0.29) is 5.56 Å². The maximum Gasteiger partial charge on any atom is 0.262 e. The van der Waals surface area contributed by atoms with Gasteiger partial charge in [0.05, 0.1) is 21.7 Å². The standard InChI is InChI=1S/C20H16ClN7OS/c1-26-17(12-7-3-5-9-14(12)21)23-25-20(26)30-11-16-22-24-19-27(2)18(29)13-8-4-6-10-15(13)28(16)19/h3-10H,11H2,1-2H3. The van der Waals surface area contributed by atoms with Gasteiger partial charge in [-0.3, -0.25) is 13.8 Å². The van der Waals surface area contributed by atoms with Crippen LogP contribution < -0.4 is 5.56 Å². The summed E-state index contributed by atoms with van der Waals surface area (Å²) in [5.74, 6) is 2.44. The van der Waals surface area contributed by atoms with Crippen molar-refractivity contribution in [3.05, 3.63) is 69.7 Å². The molecule has 0 bridgehead atoms. The molecule has 0 N–H and O–H groups in total. The molecule has 0 aliphatic rings. The number of benzene rings is 2. The van der Waals surface area contributed by atoms with Crippen molar-refractivity contribution in [1.29, 1.82) is 0 Å². The maximum absolute atomic E-state index is 12.6. The second kappa shape index (κ2) is 7.26. The van der Waals surface area contributed by atoms with Gasteiger partial charge < -0.3 is 4.57 Å². The van der Waals surface area contributed by atoms with Crippen LogP contribution in [0.4, 0.5) is 0 Å². The predicted molar refractivity (Wildman–Crippen MR) is 117 cm³/mol. The van der Waals surface area contributed by atoms with E-state index in [1.165, 1.54) is 16.3 Å². The Kier molecular flexibility index (Phi) is 4.56. The molecule has 0 saturated carbocycles. The van der Waals surface area contributed by atoms with Gasteiger partial charge in [-0.05, 0) is 24.3 Å². The van der Waals surface area contributed by atoms with E-state index in [1.807, 2.05) is 64.5 Å². The lowest BCUT2D eigenvalue weighted by molar-refractivity contribution is 0.792. The Balaban J connectivity index is 1.53. The summed E-state index contributed by atoms with van der Waals surface area (Å²) in [5.41, 5.74) is 1.52. The highest BCUT2D eigenvalue weighted by Crippen LogP contribution is 2.29. The molecule has 0 fully saturated rings. The second-order valence-corrected chi connectivity index (χ2v) is 8.12. The average molecular weight is 438 g/mol. The minimum atomic E-state index is -0.0950.